The van der Waals surface area contributed by atoms with Crippen LogP contribution in [0.25, 0.3) is 27.7 Å². The largest absolute Gasteiger partial charge is 0.495 e. The number of benzene rings is 3. The van der Waals surface area contributed by atoms with Gasteiger partial charge in [-0.05, 0) is 60.9 Å². The summed E-state index contributed by atoms with van der Waals surface area (Å²) in [5, 5.41) is 4.34. The fourth-order valence-corrected chi connectivity index (χ4v) is 4.86. The zero-order chi connectivity index (χ0) is 25.4. The highest BCUT2D eigenvalue weighted by atomic mass is 32.2. The number of nitrogens with zero attached hydrogens (tertiary/aromatic N) is 2. The molecule has 0 saturated heterocycles. The van der Waals surface area contributed by atoms with E-state index in [1.165, 1.54) is 30.1 Å². The fourth-order valence-electron chi connectivity index (χ4n) is 4.02. The summed E-state index contributed by atoms with van der Waals surface area (Å²) in [4.78, 5) is 13.4. The summed E-state index contributed by atoms with van der Waals surface area (Å²) in [5.74, 6) is 0.203. The van der Waals surface area contributed by atoms with Gasteiger partial charge in [0.25, 0.3) is 5.56 Å². The minimum absolute atomic E-state index is 0.271. The van der Waals surface area contributed by atoms with Crippen LogP contribution >= 0.6 is 0 Å². The number of nitrogens with one attached hydrogen (secondary N) is 1. The van der Waals surface area contributed by atoms with Gasteiger partial charge in [0, 0.05) is 29.1 Å². The lowest BCUT2D eigenvalue weighted by molar-refractivity contribution is 0.412. The summed E-state index contributed by atoms with van der Waals surface area (Å²) in [6.07, 6.45) is 1.37. The van der Waals surface area contributed by atoms with Crippen molar-refractivity contribution in [2.45, 2.75) is 18.7 Å². The van der Waals surface area contributed by atoms with E-state index < -0.39 is 16.8 Å². The zero-order valence-electron chi connectivity index (χ0n) is 19.7. The first-order valence-corrected chi connectivity index (χ1v) is 12.2. The molecule has 0 spiro atoms. The molecule has 0 saturated carbocycles. The van der Waals surface area contributed by atoms with E-state index in [0.29, 0.717) is 32.9 Å². The molecule has 1 N–H and O–H groups in total. The molecule has 0 aliphatic rings. The van der Waals surface area contributed by atoms with Crippen molar-refractivity contribution in [3.63, 3.8) is 0 Å². The van der Waals surface area contributed by atoms with E-state index >= 15 is 4.39 Å². The second-order valence-electron chi connectivity index (χ2n) is 8.29. The number of aromatic nitrogens is 2. The summed E-state index contributed by atoms with van der Waals surface area (Å²) in [5.41, 5.74) is 3.69. The third kappa shape index (κ3) is 4.29. The molecule has 0 amide bonds. The molecule has 1 atom stereocenters. The van der Waals surface area contributed by atoms with Crippen LogP contribution in [0.4, 0.5) is 10.2 Å². The summed E-state index contributed by atoms with van der Waals surface area (Å²) >= 11 is 0. The Morgan fingerprint density at radius 2 is 1.83 bits per heavy atom. The maximum atomic E-state index is 15.4. The number of halogens is 1. The lowest BCUT2D eigenvalue weighted by Crippen LogP contribution is -2.18. The quantitative estimate of drug-likeness (QED) is 0.329. The molecule has 0 bridgehead atoms. The lowest BCUT2D eigenvalue weighted by Gasteiger charge is -2.17. The van der Waals surface area contributed by atoms with E-state index in [2.05, 4.69) is 9.88 Å². The van der Waals surface area contributed by atoms with Gasteiger partial charge >= 0.3 is 0 Å². The average Bonchev–Trinajstić information content (AvgIpc) is 3.38. The molecule has 5 aromatic rings. The second-order valence-corrected chi connectivity index (χ2v) is 9.50. The summed E-state index contributed by atoms with van der Waals surface area (Å²) in [6.45, 7) is 3.97. The van der Waals surface area contributed by atoms with Gasteiger partial charge in [0.05, 0.1) is 23.2 Å². The Hall–Kier alpha value is -4.24. The number of hydrogen-bond donors (Lipinski definition) is 1. The first-order chi connectivity index (χ1) is 17.4. The number of anilines is 1. The minimum atomic E-state index is -1.61. The lowest BCUT2D eigenvalue weighted by atomic mass is 9.99. The third-order valence-electron chi connectivity index (χ3n) is 6.04. The summed E-state index contributed by atoms with van der Waals surface area (Å²) < 4.78 is 42.6. The molecule has 3 aromatic carbocycles. The highest BCUT2D eigenvalue weighted by Gasteiger charge is 2.17. The molecule has 1 unspecified atom stereocenters. The fraction of sp³-hybridized carbons (Fsp3) is 0.111. The number of rotatable bonds is 6. The summed E-state index contributed by atoms with van der Waals surface area (Å²) in [7, 11) is -0.127. The van der Waals surface area contributed by atoms with Crippen molar-refractivity contribution in [3.05, 3.63) is 100 Å². The zero-order valence-corrected chi connectivity index (χ0v) is 20.6. The Morgan fingerprint density at radius 1 is 1.00 bits per heavy atom. The van der Waals surface area contributed by atoms with Crippen LogP contribution in [0.5, 0.6) is 5.75 Å². The number of aryl methyl sites for hydroxylation is 2. The number of methoxy groups -OCH3 is 1. The van der Waals surface area contributed by atoms with Crippen LogP contribution in [0.1, 0.15) is 11.1 Å². The van der Waals surface area contributed by atoms with E-state index in [1.54, 1.807) is 36.4 Å². The van der Waals surface area contributed by atoms with Crippen LogP contribution in [0.15, 0.2) is 87.2 Å². The molecular formula is C27H22FN3O4S. The van der Waals surface area contributed by atoms with Gasteiger partial charge in [0.1, 0.15) is 17.8 Å². The Morgan fingerprint density at radius 3 is 2.56 bits per heavy atom. The molecular weight excluding hydrogens is 481 g/mol. The van der Waals surface area contributed by atoms with Crippen molar-refractivity contribution in [2.24, 2.45) is 0 Å². The van der Waals surface area contributed by atoms with Gasteiger partial charge in [0.15, 0.2) is 16.8 Å². The molecule has 36 heavy (non-hydrogen) atoms. The maximum absolute atomic E-state index is 15.4. The van der Waals surface area contributed by atoms with E-state index in [1.807, 2.05) is 32.0 Å². The molecule has 0 aliphatic heterocycles. The van der Waals surface area contributed by atoms with Crippen LogP contribution in [0, 0.1) is 19.7 Å². The normalized spacial score (nSPS) is 12.0. The van der Waals surface area contributed by atoms with Crippen LogP contribution in [-0.4, -0.2) is 21.0 Å². The standard InChI is InChI=1S/C27H22FN3O4S/c1-16-4-5-18(12-17(16)2)21-14-25(34-3)24(15-22(21)28)31-23-8-7-20(13-19(23)6-9-27(31)32)36(33)30-26-10-11-35-29-26/h4-15H,1-3H3,(H,29,30). The van der Waals surface area contributed by atoms with Crippen molar-refractivity contribution in [1.82, 2.24) is 9.72 Å². The van der Waals surface area contributed by atoms with E-state index in [9.17, 15) is 9.00 Å². The monoisotopic (exact) mass is 503 g/mol. The molecule has 0 radical (unpaired) electrons. The molecule has 2 heterocycles. The van der Waals surface area contributed by atoms with Crippen molar-refractivity contribution >= 4 is 27.7 Å². The van der Waals surface area contributed by atoms with Gasteiger partial charge in [-0.1, -0.05) is 23.4 Å². The Bertz CT molecular complexity index is 1680. The highest BCUT2D eigenvalue weighted by Crippen LogP contribution is 2.34. The van der Waals surface area contributed by atoms with E-state index in [4.69, 9.17) is 9.26 Å². The van der Waals surface area contributed by atoms with Crippen LogP contribution in [0.3, 0.4) is 0 Å². The van der Waals surface area contributed by atoms with Crippen LogP contribution in [-0.2, 0) is 11.0 Å². The number of hydrogen-bond acceptors (Lipinski definition) is 5. The van der Waals surface area contributed by atoms with Crippen molar-refractivity contribution < 1.29 is 17.9 Å². The van der Waals surface area contributed by atoms with Crippen LogP contribution < -0.4 is 15.0 Å². The Labute approximate surface area is 208 Å². The van der Waals surface area contributed by atoms with Gasteiger partial charge in [0.2, 0.25) is 0 Å². The van der Waals surface area contributed by atoms with Crippen molar-refractivity contribution in [1.29, 1.82) is 0 Å². The highest BCUT2D eigenvalue weighted by molar-refractivity contribution is 7.86. The molecule has 182 valence electrons. The molecule has 0 fully saturated rings. The molecule has 0 aliphatic carbocycles. The predicted octanol–water partition coefficient (Wildman–Crippen LogP) is 5.54. The van der Waals surface area contributed by atoms with Crippen molar-refractivity contribution in [3.8, 4) is 22.6 Å². The van der Waals surface area contributed by atoms with Gasteiger partial charge in [-0.15, -0.1) is 0 Å². The first kappa shape index (κ1) is 23.5. The Balaban J connectivity index is 1.61. The van der Waals surface area contributed by atoms with Gasteiger partial charge in [-0.25, -0.2) is 8.60 Å². The summed E-state index contributed by atoms with van der Waals surface area (Å²) in [6, 6.07) is 18.2. The van der Waals surface area contributed by atoms with Gasteiger partial charge < -0.3 is 9.26 Å². The SMILES string of the molecule is COc1cc(-c2ccc(C)c(C)c2)c(F)cc1-n1c(=O)ccc2cc(S(=O)Nc3ccon3)ccc21. The molecule has 5 rings (SSSR count). The number of fused-ring (bicyclic) bond motifs is 1. The van der Waals surface area contributed by atoms with Crippen molar-refractivity contribution in [2.75, 3.05) is 11.8 Å². The Kier molecular flexibility index (Phi) is 6.15. The number of ether oxygens (including phenoxy) is 1. The molecule has 9 heteroatoms. The topological polar surface area (TPSA) is 86.4 Å². The predicted molar refractivity (Wildman–Crippen MR) is 137 cm³/mol. The molecule has 2 aromatic heterocycles. The number of pyridine rings is 1. The second kappa shape index (κ2) is 9.43. The minimum Gasteiger partial charge on any atom is -0.495 e. The van der Waals surface area contributed by atoms with E-state index in [0.717, 1.165) is 16.7 Å². The average molecular weight is 504 g/mol. The van der Waals surface area contributed by atoms with E-state index in [-0.39, 0.29) is 11.2 Å². The van der Waals surface area contributed by atoms with Gasteiger partial charge in [-0.2, -0.15) is 0 Å². The first-order valence-electron chi connectivity index (χ1n) is 11.1. The van der Waals surface area contributed by atoms with Gasteiger partial charge in [-0.3, -0.25) is 14.1 Å². The smallest absolute Gasteiger partial charge is 0.255 e. The third-order valence-corrected chi connectivity index (χ3v) is 7.12. The molecule has 7 nitrogen and oxygen atoms in total. The van der Waals surface area contributed by atoms with Crippen LogP contribution in [0.2, 0.25) is 0 Å². The maximum Gasteiger partial charge on any atom is 0.255 e.